The standard InChI is InChI=1S/C33H38N4O5S/c1-33(2)18-25-28(31(36-12-14-42-15-13-36)43-29(25)27(38)19-33)23-6-9-34-26(17-23)22-4-3-5-24(16-22)30(39)35-20-21-7-10-37(11-8-21)32(40)41/h3-6,9,16-17,21H,7-8,10-15,18-20H2,1-2H3,(H,35,39)(H,40,41). The van der Waals surface area contributed by atoms with Crippen LogP contribution >= 0.6 is 11.3 Å². The molecule has 0 atom stereocenters. The van der Waals surface area contributed by atoms with E-state index < -0.39 is 6.09 Å². The number of nitrogens with zero attached hydrogens (tertiary/aromatic N) is 3. The summed E-state index contributed by atoms with van der Waals surface area (Å²) in [5.74, 6) is 0.327. The molecular weight excluding hydrogens is 564 g/mol. The number of thiophene rings is 1. The Labute approximate surface area is 255 Å². The van der Waals surface area contributed by atoms with Crippen LogP contribution in [-0.4, -0.2) is 78.7 Å². The number of ether oxygens (including phenoxy) is 1. The first-order valence-corrected chi connectivity index (χ1v) is 15.8. The van der Waals surface area contributed by atoms with Gasteiger partial charge in [0.05, 0.1) is 28.8 Å². The molecule has 2 saturated heterocycles. The van der Waals surface area contributed by atoms with E-state index in [2.05, 4.69) is 35.1 Å². The molecule has 3 aromatic rings. The summed E-state index contributed by atoms with van der Waals surface area (Å²) in [6.07, 6.45) is 3.80. The van der Waals surface area contributed by atoms with E-state index >= 15 is 0 Å². The number of morpholine rings is 1. The van der Waals surface area contributed by atoms with Crippen molar-refractivity contribution in [3.8, 4) is 22.4 Å². The van der Waals surface area contributed by atoms with Crippen molar-refractivity contribution in [2.75, 3.05) is 50.8 Å². The zero-order valence-electron chi connectivity index (χ0n) is 24.7. The minimum Gasteiger partial charge on any atom is -0.465 e. The first-order valence-electron chi connectivity index (χ1n) is 15.0. The Morgan fingerprint density at radius 1 is 1.07 bits per heavy atom. The number of likely N-dealkylation sites (tertiary alicyclic amines) is 1. The number of benzene rings is 1. The highest BCUT2D eigenvalue weighted by Crippen LogP contribution is 2.49. The topological polar surface area (TPSA) is 112 Å². The van der Waals surface area contributed by atoms with Gasteiger partial charge < -0.3 is 25.0 Å². The number of ketones is 1. The SMILES string of the molecule is CC1(C)CC(=O)c2sc(N3CCOCC3)c(-c3ccnc(-c4cccc(C(=O)NCC5CCN(C(=O)O)CC5)c4)c3)c2C1. The molecular formula is C33H38N4O5S. The molecule has 10 heteroatoms. The van der Waals surface area contributed by atoms with Crippen LogP contribution in [0.15, 0.2) is 42.6 Å². The second-order valence-corrected chi connectivity index (χ2v) is 13.6. The highest BCUT2D eigenvalue weighted by atomic mass is 32.1. The molecule has 0 spiro atoms. The molecule has 0 unspecified atom stereocenters. The molecule has 2 aliphatic heterocycles. The lowest BCUT2D eigenvalue weighted by atomic mass is 9.75. The van der Waals surface area contributed by atoms with Crippen molar-refractivity contribution in [1.29, 1.82) is 0 Å². The Kier molecular flexibility index (Phi) is 8.24. The van der Waals surface area contributed by atoms with Crippen LogP contribution in [0.4, 0.5) is 9.80 Å². The molecule has 9 nitrogen and oxygen atoms in total. The number of amides is 2. The maximum atomic E-state index is 13.3. The second-order valence-electron chi connectivity index (χ2n) is 12.6. The summed E-state index contributed by atoms with van der Waals surface area (Å²) < 4.78 is 5.63. The minimum atomic E-state index is -0.884. The van der Waals surface area contributed by atoms with Crippen LogP contribution in [-0.2, 0) is 11.2 Å². The van der Waals surface area contributed by atoms with E-state index in [1.807, 2.05) is 30.5 Å². The van der Waals surface area contributed by atoms with Crippen LogP contribution in [0.2, 0.25) is 0 Å². The summed E-state index contributed by atoms with van der Waals surface area (Å²) in [6, 6.07) is 11.6. The van der Waals surface area contributed by atoms with Gasteiger partial charge >= 0.3 is 6.09 Å². The maximum absolute atomic E-state index is 13.3. The molecule has 43 heavy (non-hydrogen) atoms. The van der Waals surface area contributed by atoms with Crippen molar-refractivity contribution in [3.63, 3.8) is 0 Å². The number of carbonyl (C=O) groups is 3. The molecule has 2 aromatic heterocycles. The van der Waals surface area contributed by atoms with E-state index in [1.165, 1.54) is 4.90 Å². The summed E-state index contributed by atoms with van der Waals surface area (Å²) in [4.78, 5) is 46.8. The molecule has 226 valence electrons. The van der Waals surface area contributed by atoms with E-state index in [0.717, 1.165) is 70.2 Å². The largest absolute Gasteiger partial charge is 0.465 e. The zero-order chi connectivity index (χ0) is 30.1. The predicted octanol–water partition coefficient (Wildman–Crippen LogP) is 5.59. The second kappa shape index (κ2) is 12.1. The van der Waals surface area contributed by atoms with Gasteiger partial charge in [-0.2, -0.15) is 0 Å². The molecule has 6 rings (SSSR count). The number of fused-ring (bicyclic) bond motifs is 1. The number of carboxylic acid groups (broad SMARTS) is 1. The number of piperidine rings is 1. The number of carbonyl (C=O) groups excluding carboxylic acids is 2. The lowest BCUT2D eigenvalue weighted by Crippen LogP contribution is -2.40. The number of rotatable bonds is 6. The molecule has 0 radical (unpaired) electrons. The molecule has 1 aliphatic carbocycles. The van der Waals surface area contributed by atoms with Crippen molar-refractivity contribution in [1.82, 2.24) is 15.2 Å². The number of hydrogen-bond donors (Lipinski definition) is 2. The van der Waals surface area contributed by atoms with Crippen LogP contribution in [0.1, 0.15) is 58.7 Å². The third-order valence-electron chi connectivity index (χ3n) is 8.74. The zero-order valence-corrected chi connectivity index (χ0v) is 25.5. The summed E-state index contributed by atoms with van der Waals surface area (Å²) >= 11 is 1.61. The van der Waals surface area contributed by atoms with Crippen LogP contribution in [0.5, 0.6) is 0 Å². The lowest BCUT2D eigenvalue weighted by Gasteiger charge is -2.30. The highest BCUT2D eigenvalue weighted by Gasteiger charge is 2.37. The van der Waals surface area contributed by atoms with Crippen LogP contribution in [0, 0.1) is 11.3 Å². The van der Waals surface area contributed by atoms with Gasteiger partial charge in [0, 0.05) is 62.0 Å². The van der Waals surface area contributed by atoms with Crippen LogP contribution in [0.25, 0.3) is 22.4 Å². The van der Waals surface area contributed by atoms with Crippen molar-refractivity contribution >= 4 is 34.1 Å². The highest BCUT2D eigenvalue weighted by molar-refractivity contribution is 7.19. The molecule has 3 aliphatic rings. The smallest absolute Gasteiger partial charge is 0.407 e. The fraction of sp³-hybridized carbons (Fsp3) is 0.455. The fourth-order valence-electron chi connectivity index (χ4n) is 6.42. The first kappa shape index (κ1) is 29.3. The normalized spacial score (nSPS) is 18.8. The van der Waals surface area contributed by atoms with Gasteiger partial charge in [0.1, 0.15) is 0 Å². The maximum Gasteiger partial charge on any atom is 0.407 e. The third-order valence-corrected chi connectivity index (χ3v) is 10.1. The van der Waals surface area contributed by atoms with Gasteiger partial charge in [0.25, 0.3) is 5.91 Å². The summed E-state index contributed by atoms with van der Waals surface area (Å²) in [5.41, 5.74) is 5.34. The van der Waals surface area contributed by atoms with Gasteiger partial charge in [-0.05, 0) is 66.0 Å². The minimum absolute atomic E-state index is 0.104. The van der Waals surface area contributed by atoms with Gasteiger partial charge in [-0.1, -0.05) is 26.0 Å². The monoisotopic (exact) mass is 602 g/mol. The average molecular weight is 603 g/mol. The predicted molar refractivity (Wildman–Crippen MR) is 167 cm³/mol. The van der Waals surface area contributed by atoms with Gasteiger partial charge in [0.2, 0.25) is 0 Å². The van der Waals surface area contributed by atoms with Crippen molar-refractivity contribution in [3.05, 3.63) is 58.6 Å². The molecule has 0 bridgehead atoms. The lowest BCUT2D eigenvalue weighted by molar-refractivity contribution is 0.0914. The van der Waals surface area contributed by atoms with Gasteiger partial charge in [-0.3, -0.25) is 14.6 Å². The van der Waals surface area contributed by atoms with Gasteiger partial charge in [-0.25, -0.2) is 4.79 Å². The first-order chi connectivity index (χ1) is 20.7. The van der Waals surface area contributed by atoms with E-state index in [0.29, 0.717) is 44.8 Å². The van der Waals surface area contributed by atoms with Crippen molar-refractivity contribution in [2.45, 2.75) is 39.5 Å². The number of hydrogen-bond acceptors (Lipinski definition) is 7. The van der Waals surface area contributed by atoms with E-state index in [1.54, 1.807) is 17.4 Å². The number of pyridine rings is 1. The molecule has 0 saturated carbocycles. The molecule has 2 N–H and O–H groups in total. The molecule has 4 heterocycles. The summed E-state index contributed by atoms with van der Waals surface area (Å²) in [7, 11) is 0. The third kappa shape index (κ3) is 6.31. The van der Waals surface area contributed by atoms with Crippen LogP contribution in [0.3, 0.4) is 0 Å². The Morgan fingerprint density at radius 3 is 2.58 bits per heavy atom. The van der Waals surface area contributed by atoms with E-state index in [9.17, 15) is 19.5 Å². The number of aromatic nitrogens is 1. The van der Waals surface area contributed by atoms with Gasteiger partial charge in [-0.15, -0.1) is 11.3 Å². The fourth-order valence-corrected chi connectivity index (χ4v) is 7.75. The van der Waals surface area contributed by atoms with Gasteiger partial charge in [0.15, 0.2) is 5.78 Å². The van der Waals surface area contributed by atoms with Crippen LogP contribution < -0.4 is 10.2 Å². The molecule has 2 amide bonds. The number of anilines is 1. The van der Waals surface area contributed by atoms with Crippen molar-refractivity contribution < 1.29 is 24.2 Å². The summed E-state index contributed by atoms with van der Waals surface area (Å²) in [6.45, 7) is 8.76. The average Bonchev–Trinajstić information content (AvgIpc) is 3.39. The Balaban J connectivity index is 1.26. The Bertz CT molecular complexity index is 1540. The molecule has 2 fully saturated rings. The Hall–Kier alpha value is -3.76. The van der Waals surface area contributed by atoms with E-state index in [4.69, 9.17) is 4.74 Å². The quantitative estimate of drug-likeness (QED) is 0.378. The summed E-state index contributed by atoms with van der Waals surface area (Å²) in [5, 5.41) is 13.3. The van der Waals surface area contributed by atoms with Crippen molar-refractivity contribution in [2.24, 2.45) is 11.3 Å². The number of nitrogens with one attached hydrogen (secondary N) is 1. The Morgan fingerprint density at radius 2 is 1.84 bits per heavy atom. The molecule has 1 aromatic carbocycles. The van der Waals surface area contributed by atoms with E-state index in [-0.39, 0.29) is 23.0 Å². The number of Topliss-reactive ketones (excluding diaryl/α,β-unsaturated/α-hetero) is 1.